The number of nitrogens with two attached hydrogens (primary N) is 1. The molecule has 0 atom stereocenters. The van der Waals surface area contributed by atoms with Crippen LogP contribution in [-0.4, -0.2) is 11.1 Å². The molecule has 1 aliphatic carbocycles. The van der Waals surface area contributed by atoms with Crippen LogP contribution in [0.2, 0.25) is 0 Å². The first-order valence-electron chi connectivity index (χ1n) is 6.76. The van der Waals surface area contributed by atoms with Gasteiger partial charge in [-0.3, -0.25) is 0 Å². The van der Waals surface area contributed by atoms with Gasteiger partial charge in [-0.25, -0.2) is 0 Å². The number of rotatable bonds is 4. The molecule has 2 rings (SSSR count). The molecule has 0 aliphatic heterocycles. The van der Waals surface area contributed by atoms with Crippen molar-refractivity contribution in [2.45, 2.75) is 51.2 Å². The lowest BCUT2D eigenvalue weighted by molar-refractivity contribution is 0.0309. The third kappa shape index (κ3) is 3.79. The predicted octanol–water partition coefficient (Wildman–Crippen LogP) is 3.56. The third-order valence-electron chi connectivity index (χ3n) is 3.56. The molecule has 0 unspecified atom stereocenters. The Hall–Kier alpha value is -0.930. The molecule has 1 aliphatic rings. The van der Waals surface area contributed by atoms with E-state index in [0.717, 1.165) is 11.1 Å². The average Bonchev–Trinajstić information content (AvgIpc) is 2.65. The molecule has 0 aromatic heterocycles. The van der Waals surface area contributed by atoms with Crippen molar-refractivity contribution in [3.63, 3.8) is 0 Å². The molecule has 2 nitrogen and oxygen atoms in total. The average molecular weight is 263 g/mol. The van der Waals surface area contributed by atoms with Crippen LogP contribution in [0.3, 0.4) is 0 Å². The highest BCUT2D eigenvalue weighted by molar-refractivity contribution is 7.80. The molecule has 1 saturated carbocycles. The van der Waals surface area contributed by atoms with Gasteiger partial charge in [0, 0.05) is 5.56 Å². The smallest absolute Gasteiger partial charge is 0.104 e. The summed E-state index contributed by atoms with van der Waals surface area (Å²) in [6, 6.07) is 7.98. The normalized spacial score (nSPS) is 17.3. The lowest BCUT2D eigenvalue weighted by atomic mass is 10.1. The first kappa shape index (κ1) is 13.5. The van der Waals surface area contributed by atoms with Gasteiger partial charge in [0.15, 0.2) is 0 Å². The van der Waals surface area contributed by atoms with Gasteiger partial charge in [0.2, 0.25) is 0 Å². The van der Waals surface area contributed by atoms with Crippen molar-refractivity contribution >= 4 is 17.2 Å². The molecule has 0 bridgehead atoms. The van der Waals surface area contributed by atoms with Crippen LogP contribution in [0, 0.1) is 0 Å². The maximum absolute atomic E-state index is 6.02. The molecule has 2 N–H and O–H groups in total. The van der Waals surface area contributed by atoms with E-state index in [4.69, 9.17) is 22.7 Å². The van der Waals surface area contributed by atoms with E-state index in [1.165, 1.54) is 38.5 Å². The quantitative estimate of drug-likeness (QED) is 0.666. The standard InChI is InChI=1S/C15H21NOS/c16-15(18)14-10-6-5-7-12(14)11-17-13-8-3-1-2-4-9-13/h5-7,10,13H,1-4,8-9,11H2,(H2,16,18). The minimum Gasteiger partial charge on any atom is -0.389 e. The highest BCUT2D eigenvalue weighted by atomic mass is 32.1. The van der Waals surface area contributed by atoms with Gasteiger partial charge in [-0.2, -0.15) is 0 Å². The van der Waals surface area contributed by atoms with Crippen molar-refractivity contribution in [3.05, 3.63) is 35.4 Å². The highest BCUT2D eigenvalue weighted by Gasteiger charge is 2.13. The second-order valence-electron chi connectivity index (χ2n) is 4.95. The second kappa shape index (κ2) is 6.86. The zero-order valence-electron chi connectivity index (χ0n) is 10.7. The largest absolute Gasteiger partial charge is 0.389 e. The van der Waals surface area contributed by atoms with Crippen molar-refractivity contribution in [1.82, 2.24) is 0 Å². The molecule has 0 spiro atoms. The van der Waals surface area contributed by atoms with E-state index in [9.17, 15) is 0 Å². The first-order chi connectivity index (χ1) is 8.77. The van der Waals surface area contributed by atoms with Crippen LogP contribution >= 0.6 is 12.2 Å². The summed E-state index contributed by atoms with van der Waals surface area (Å²) in [4.78, 5) is 0.454. The van der Waals surface area contributed by atoms with Crippen LogP contribution < -0.4 is 5.73 Å². The fourth-order valence-electron chi connectivity index (χ4n) is 2.50. The van der Waals surface area contributed by atoms with Gasteiger partial charge in [-0.1, -0.05) is 62.2 Å². The molecule has 0 radical (unpaired) electrons. The minimum absolute atomic E-state index is 0.409. The molecule has 18 heavy (non-hydrogen) atoms. The zero-order chi connectivity index (χ0) is 12.8. The molecule has 98 valence electrons. The highest BCUT2D eigenvalue weighted by Crippen LogP contribution is 2.21. The van der Waals surface area contributed by atoms with Gasteiger partial charge in [0.1, 0.15) is 4.99 Å². The van der Waals surface area contributed by atoms with E-state index in [-0.39, 0.29) is 0 Å². The first-order valence-corrected chi connectivity index (χ1v) is 7.17. The van der Waals surface area contributed by atoms with Crippen molar-refractivity contribution in [1.29, 1.82) is 0 Å². The molecule has 0 heterocycles. The number of ether oxygens (including phenoxy) is 1. The Bertz CT molecular complexity index is 397. The Labute approximate surface area is 115 Å². The summed E-state index contributed by atoms with van der Waals surface area (Å²) in [6.45, 7) is 0.623. The second-order valence-corrected chi connectivity index (χ2v) is 5.39. The number of benzene rings is 1. The summed E-state index contributed by atoms with van der Waals surface area (Å²) < 4.78 is 6.02. The lowest BCUT2D eigenvalue weighted by Gasteiger charge is -2.16. The summed E-state index contributed by atoms with van der Waals surface area (Å²) in [6.07, 6.45) is 8.08. The molecular weight excluding hydrogens is 242 g/mol. The maximum atomic E-state index is 6.02. The Morgan fingerprint density at radius 2 is 1.83 bits per heavy atom. The Balaban J connectivity index is 1.94. The zero-order valence-corrected chi connectivity index (χ0v) is 11.5. The fourth-order valence-corrected chi connectivity index (χ4v) is 2.70. The lowest BCUT2D eigenvalue weighted by Crippen LogP contribution is -2.16. The van der Waals surface area contributed by atoms with Crippen molar-refractivity contribution in [2.24, 2.45) is 5.73 Å². The summed E-state index contributed by atoms with van der Waals surface area (Å²) in [5, 5.41) is 0. The summed E-state index contributed by atoms with van der Waals surface area (Å²) in [7, 11) is 0. The predicted molar refractivity (Wildman–Crippen MR) is 78.6 cm³/mol. The van der Waals surface area contributed by atoms with Crippen LogP contribution in [0.15, 0.2) is 24.3 Å². The van der Waals surface area contributed by atoms with Gasteiger partial charge < -0.3 is 10.5 Å². The van der Waals surface area contributed by atoms with Crippen LogP contribution in [-0.2, 0) is 11.3 Å². The van der Waals surface area contributed by atoms with E-state index >= 15 is 0 Å². The number of hydrogen-bond donors (Lipinski definition) is 1. The topological polar surface area (TPSA) is 35.2 Å². The van der Waals surface area contributed by atoms with Crippen LogP contribution in [0.5, 0.6) is 0 Å². The van der Waals surface area contributed by atoms with Crippen LogP contribution in [0.25, 0.3) is 0 Å². The van der Waals surface area contributed by atoms with Crippen LogP contribution in [0.4, 0.5) is 0 Å². The fraction of sp³-hybridized carbons (Fsp3) is 0.533. The van der Waals surface area contributed by atoms with Crippen molar-refractivity contribution < 1.29 is 4.74 Å². The summed E-state index contributed by atoms with van der Waals surface area (Å²) in [5.74, 6) is 0. The van der Waals surface area contributed by atoms with E-state index in [2.05, 4.69) is 0 Å². The summed E-state index contributed by atoms with van der Waals surface area (Å²) in [5.41, 5.74) is 7.78. The van der Waals surface area contributed by atoms with Gasteiger partial charge in [0.05, 0.1) is 12.7 Å². The molecule has 0 saturated heterocycles. The molecule has 1 aromatic rings. The van der Waals surface area contributed by atoms with Crippen molar-refractivity contribution in [2.75, 3.05) is 0 Å². The van der Waals surface area contributed by atoms with E-state index < -0.39 is 0 Å². The van der Waals surface area contributed by atoms with Crippen LogP contribution in [0.1, 0.15) is 49.7 Å². The minimum atomic E-state index is 0.409. The molecule has 0 amide bonds. The molecule has 3 heteroatoms. The Morgan fingerprint density at radius 1 is 1.17 bits per heavy atom. The number of thiocarbonyl (C=S) groups is 1. The van der Waals surface area contributed by atoms with Crippen molar-refractivity contribution in [3.8, 4) is 0 Å². The SMILES string of the molecule is NC(=S)c1ccccc1COC1CCCCCC1. The number of hydrogen-bond acceptors (Lipinski definition) is 2. The molecule has 1 aromatic carbocycles. The van der Waals surface area contributed by atoms with Gasteiger partial charge >= 0.3 is 0 Å². The summed E-state index contributed by atoms with van der Waals surface area (Å²) >= 11 is 5.06. The van der Waals surface area contributed by atoms with E-state index in [1.807, 2.05) is 24.3 Å². The van der Waals surface area contributed by atoms with Gasteiger partial charge in [-0.05, 0) is 18.4 Å². The Morgan fingerprint density at radius 3 is 2.50 bits per heavy atom. The Kier molecular flexibility index (Phi) is 5.14. The van der Waals surface area contributed by atoms with Gasteiger partial charge in [-0.15, -0.1) is 0 Å². The van der Waals surface area contributed by atoms with Gasteiger partial charge in [0.25, 0.3) is 0 Å². The van der Waals surface area contributed by atoms with E-state index in [0.29, 0.717) is 17.7 Å². The monoisotopic (exact) mass is 263 g/mol. The molecule has 1 fully saturated rings. The third-order valence-corrected chi connectivity index (χ3v) is 3.78. The molecular formula is C15H21NOS. The van der Waals surface area contributed by atoms with E-state index in [1.54, 1.807) is 0 Å². The maximum Gasteiger partial charge on any atom is 0.104 e.